The van der Waals surface area contributed by atoms with Gasteiger partial charge in [0.2, 0.25) is 0 Å². The summed E-state index contributed by atoms with van der Waals surface area (Å²) < 4.78 is 7.19. The van der Waals surface area contributed by atoms with Crippen LogP contribution in [0.25, 0.3) is 20.4 Å². The van der Waals surface area contributed by atoms with Crippen LogP contribution in [0.2, 0.25) is 0 Å². The lowest BCUT2D eigenvalue weighted by Crippen LogP contribution is -2.11. The molecule has 0 saturated carbocycles. The Labute approximate surface area is 144 Å². The SMILES string of the molecule is COc1nc2ccc3nc(NC(=O)c4ccc(N)cc4)sc3c2s1. The van der Waals surface area contributed by atoms with Gasteiger partial charge >= 0.3 is 0 Å². The van der Waals surface area contributed by atoms with Crippen LogP contribution in [0, 0.1) is 0 Å². The molecule has 3 N–H and O–H groups in total. The van der Waals surface area contributed by atoms with Gasteiger partial charge in [0.25, 0.3) is 11.1 Å². The molecular formula is C16H12N4O2S2. The Morgan fingerprint density at radius 1 is 1.04 bits per heavy atom. The van der Waals surface area contributed by atoms with Gasteiger partial charge in [-0.2, -0.15) is 0 Å². The summed E-state index contributed by atoms with van der Waals surface area (Å²) in [5.41, 5.74) is 8.48. The lowest BCUT2D eigenvalue weighted by atomic mass is 10.2. The molecule has 0 aliphatic carbocycles. The maximum Gasteiger partial charge on any atom is 0.274 e. The number of rotatable bonds is 3. The maximum absolute atomic E-state index is 12.3. The highest BCUT2D eigenvalue weighted by Gasteiger charge is 2.14. The van der Waals surface area contributed by atoms with Gasteiger partial charge in [-0.25, -0.2) is 9.97 Å². The van der Waals surface area contributed by atoms with Gasteiger partial charge < -0.3 is 10.5 Å². The molecule has 0 spiro atoms. The van der Waals surface area contributed by atoms with Gasteiger partial charge in [0.15, 0.2) is 5.13 Å². The Hall–Kier alpha value is -2.71. The van der Waals surface area contributed by atoms with E-state index in [0.29, 0.717) is 21.6 Å². The number of nitrogens with one attached hydrogen (secondary N) is 1. The van der Waals surface area contributed by atoms with E-state index >= 15 is 0 Å². The molecular weight excluding hydrogens is 344 g/mol. The second kappa shape index (κ2) is 5.73. The van der Waals surface area contributed by atoms with Crippen LogP contribution in [0.5, 0.6) is 5.19 Å². The third kappa shape index (κ3) is 2.55. The van der Waals surface area contributed by atoms with E-state index in [1.807, 2.05) is 12.1 Å². The number of methoxy groups -OCH3 is 1. The van der Waals surface area contributed by atoms with E-state index in [2.05, 4.69) is 15.3 Å². The van der Waals surface area contributed by atoms with Crippen molar-refractivity contribution >= 4 is 59.8 Å². The van der Waals surface area contributed by atoms with Gasteiger partial charge in [-0.15, -0.1) is 0 Å². The highest BCUT2D eigenvalue weighted by atomic mass is 32.1. The quantitative estimate of drug-likeness (QED) is 0.546. The summed E-state index contributed by atoms with van der Waals surface area (Å²) >= 11 is 2.89. The zero-order chi connectivity index (χ0) is 16.7. The number of anilines is 2. The number of nitrogens with two attached hydrogens (primary N) is 1. The summed E-state index contributed by atoms with van der Waals surface area (Å²) in [6.45, 7) is 0. The number of carbonyl (C=O) groups is 1. The fourth-order valence-electron chi connectivity index (χ4n) is 2.30. The molecule has 0 aliphatic heterocycles. The average Bonchev–Trinajstić information content (AvgIpc) is 3.17. The van der Waals surface area contributed by atoms with Crippen LogP contribution in [0.4, 0.5) is 10.8 Å². The molecule has 0 atom stereocenters. The number of ether oxygens (including phenoxy) is 1. The lowest BCUT2D eigenvalue weighted by molar-refractivity contribution is 0.102. The molecule has 0 bridgehead atoms. The van der Waals surface area contributed by atoms with Gasteiger partial charge in [-0.05, 0) is 36.4 Å². The van der Waals surface area contributed by atoms with E-state index in [0.717, 1.165) is 20.4 Å². The summed E-state index contributed by atoms with van der Waals surface area (Å²) in [4.78, 5) is 21.2. The second-order valence-electron chi connectivity index (χ2n) is 5.04. The molecule has 0 unspecified atom stereocenters. The molecule has 0 radical (unpaired) electrons. The standard InChI is InChI=1S/C16H12N4O2S2/c1-22-16-19-11-7-6-10-12(13(11)24-16)23-15(18-10)20-14(21)8-2-4-9(17)5-3-8/h2-7H,17H2,1H3,(H,18,20,21). The maximum atomic E-state index is 12.3. The van der Waals surface area contributed by atoms with Gasteiger partial charge in [0, 0.05) is 11.3 Å². The van der Waals surface area contributed by atoms with Gasteiger partial charge in [0.1, 0.15) is 0 Å². The van der Waals surface area contributed by atoms with Crippen molar-refractivity contribution in [1.29, 1.82) is 0 Å². The Morgan fingerprint density at radius 3 is 2.42 bits per heavy atom. The van der Waals surface area contributed by atoms with Crippen LogP contribution < -0.4 is 15.8 Å². The number of aromatic nitrogens is 2. The van der Waals surface area contributed by atoms with Crippen molar-refractivity contribution in [2.45, 2.75) is 0 Å². The molecule has 2 aromatic carbocycles. The number of hydrogen-bond acceptors (Lipinski definition) is 7. The number of fused-ring (bicyclic) bond motifs is 3. The van der Waals surface area contributed by atoms with Crippen molar-refractivity contribution in [1.82, 2.24) is 9.97 Å². The van der Waals surface area contributed by atoms with E-state index in [1.54, 1.807) is 31.4 Å². The van der Waals surface area contributed by atoms with Crippen LogP contribution >= 0.6 is 22.7 Å². The van der Waals surface area contributed by atoms with Crippen molar-refractivity contribution in [3.05, 3.63) is 42.0 Å². The smallest absolute Gasteiger partial charge is 0.274 e. The summed E-state index contributed by atoms with van der Waals surface area (Å²) in [5.74, 6) is -0.216. The number of nitrogens with zero attached hydrogens (tertiary/aromatic N) is 2. The highest BCUT2D eigenvalue weighted by molar-refractivity contribution is 7.29. The minimum absolute atomic E-state index is 0.216. The van der Waals surface area contributed by atoms with Crippen LogP contribution in [0.15, 0.2) is 36.4 Å². The van der Waals surface area contributed by atoms with Gasteiger partial charge in [-0.3, -0.25) is 10.1 Å². The zero-order valence-corrected chi connectivity index (χ0v) is 14.2. The van der Waals surface area contributed by atoms with Crippen LogP contribution in [-0.2, 0) is 0 Å². The fourth-order valence-corrected chi connectivity index (χ4v) is 4.26. The predicted octanol–water partition coefficient (Wildman–Crippen LogP) is 3.75. The Kier molecular flexibility index (Phi) is 3.55. The molecule has 4 rings (SSSR count). The van der Waals surface area contributed by atoms with E-state index in [9.17, 15) is 4.79 Å². The number of hydrogen-bond donors (Lipinski definition) is 2. The summed E-state index contributed by atoms with van der Waals surface area (Å²) in [7, 11) is 1.60. The summed E-state index contributed by atoms with van der Waals surface area (Å²) in [6, 6.07) is 10.6. The first-order chi connectivity index (χ1) is 11.6. The van der Waals surface area contributed by atoms with Crippen LogP contribution in [0.3, 0.4) is 0 Å². The van der Waals surface area contributed by atoms with E-state index in [-0.39, 0.29) is 5.91 Å². The number of amides is 1. The number of benzene rings is 2. The Balaban J connectivity index is 1.69. The number of thiazole rings is 2. The Morgan fingerprint density at radius 2 is 1.71 bits per heavy atom. The van der Waals surface area contributed by atoms with Crippen molar-refractivity contribution < 1.29 is 9.53 Å². The Bertz CT molecular complexity index is 1050. The van der Waals surface area contributed by atoms with Gasteiger partial charge in [-0.1, -0.05) is 22.7 Å². The molecule has 0 fully saturated rings. The highest BCUT2D eigenvalue weighted by Crippen LogP contribution is 2.38. The predicted molar refractivity (Wildman–Crippen MR) is 98.2 cm³/mol. The number of carbonyl (C=O) groups excluding carboxylic acids is 1. The largest absolute Gasteiger partial charge is 0.473 e. The van der Waals surface area contributed by atoms with Crippen molar-refractivity contribution in [2.24, 2.45) is 0 Å². The molecule has 6 nitrogen and oxygen atoms in total. The van der Waals surface area contributed by atoms with E-state index < -0.39 is 0 Å². The van der Waals surface area contributed by atoms with E-state index in [4.69, 9.17) is 10.5 Å². The van der Waals surface area contributed by atoms with Gasteiger partial charge in [0.05, 0.1) is 27.5 Å². The topological polar surface area (TPSA) is 90.1 Å². The molecule has 0 saturated heterocycles. The van der Waals surface area contributed by atoms with Crippen molar-refractivity contribution in [3.8, 4) is 5.19 Å². The molecule has 2 heterocycles. The summed E-state index contributed by atoms with van der Waals surface area (Å²) in [5, 5.41) is 3.99. The minimum atomic E-state index is -0.216. The fraction of sp³-hybridized carbons (Fsp3) is 0.0625. The third-order valence-electron chi connectivity index (χ3n) is 3.46. The second-order valence-corrected chi connectivity index (χ2v) is 7.00. The molecule has 4 aromatic rings. The molecule has 2 aromatic heterocycles. The first-order valence-electron chi connectivity index (χ1n) is 7.05. The first kappa shape index (κ1) is 14.9. The third-order valence-corrected chi connectivity index (χ3v) is 5.64. The molecule has 0 aliphatic rings. The van der Waals surface area contributed by atoms with Crippen molar-refractivity contribution in [3.63, 3.8) is 0 Å². The van der Waals surface area contributed by atoms with Crippen LogP contribution in [-0.4, -0.2) is 23.0 Å². The van der Waals surface area contributed by atoms with E-state index in [1.165, 1.54) is 22.7 Å². The molecule has 8 heteroatoms. The van der Waals surface area contributed by atoms with Crippen LogP contribution in [0.1, 0.15) is 10.4 Å². The minimum Gasteiger partial charge on any atom is -0.473 e. The summed E-state index contributed by atoms with van der Waals surface area (Å²) in [6.07, 6.45) is 0. The molecule has 1 amide bonds. The average molecular weight is 356 g/mol. The normalized spacial score (nSPS) is 11.0. The van der Waals surface area contributed by atoms with Crippen molar-refractivity contribution in [2.75, 3.05) is 18.2 Å². The zero-order valence-electron chi connectivity index (χ0n) is 12.6. The number of nitrogen functional groups attached to an aromatic ring is 1. The molecule has 120 valence electrons. The monoisotopic (exact) mass is 356 g/mol. The molecule has 24 heavy (non-hydrogen) atoms. The first-order valence-corrected chi connectivity index (χ1v) is 8.68. The lowest BCUT2D eigenvalue weighted by Gasteiger charge is -2.01.